The quantitative estimate of drug-likeness (QED) is 0.239. The van der Waals surface area contributed by atoms with Crippen molar-refractivity contribution in [2.75, 3.05) is 50.6 Å². The highest BCUT2D eigenvalue weighted by atomic mass is 16.5. The van der Waals surface area contributed by atoms with E-state index in [1.807, 2.05) is 50.1 Å². The number of H-pyrrole nitrogens is 1. The third-order valence-corrected chi connectivity index (χ3v) is 8.50. The lowest BCUT2D eigenvalue weighted by molar-refractivity contribution is -0.111. The van der Waals surface area contributed by atoms with Crippen LogP contribution < -0.4 is 15.0 Å². The van der Waals surface area contributed by atoms with Crippen molar-refractivity contribution in [1.82, 2.24) is 24.6 Å². The van der Waals surface area contributed by atoms with Gasteiger partial charge in [-0.15, -0.1) is 0 Å². The number of aromatic nitrogens is 4. The number of fused-ring (bicyclic) bond motifs is 1. The molecular formula is C34H37N7O2. The van der Waals surface area contributed by atoms with Crippen LogP contribution in [0.3, 0.4) is 0 Å². The highest BCUT2D eigenvalue weighted by molar-refractivity contribution is 6.09. The van der Waals surface area contributed by atoms with E-state index in [9.17, 15) is 4.79 Å². The fraction of sp³-hybridized carbons (Fsp3) is 0.265. The Hall–Kier alpha value is -4.89. The number of amides is 1. The van der Waals surface area contributed by atoms with E-state index < -0.39 is 0 Å². The number of likely N-dealkylation sites (N-methyl/N-ethyl adjacent to an activating group) is 1. The predicted octanol–water partition coefficient (Wildman–Crippen LogP) is 5.80. The molecule has 1 saturated heterocycles. The maximum atomic E-state index is 12.3. The zero-order valence-corrected chi connectivity index (χ0v) is 25.4. The summed E-state index contributed by atoms with van der Waals surface area (Å²) in [5.41, 5.74) is 10.3. The second-order valence-corrected chi connectivity index (χ2v) is 11.1. The fourth-order valence-electron chi connectivity index (χ4n) is 5.80. The number of nitrogens with zero attached hydrogens (tertiary/aromatic N) is 5. The molecule has 1 aliphatic heterocycles. The second-order valence-electron chi connectivity index (χ2n) is 11.1. The normalized spacial score (nSPS) is 13.8. The average Bonchev–Trinajstić information content (AvgIpc) is 3.57. The van der Waals surface area contributed by atoms with Crippen molar-refractivity contribution in [2.45, 2.75) is 13.8 Å². The molecule has 4 heterocycles. The molecule has 9 nitrogen and oxygen atoms in total. The lowest BCUT2D eigenvalue weighted by atomic mass is 9.95. The first kappa shape index (κ1) is 28.2. The van der Waals surface area contributed by atoms with E-state index in [4.69, 9.17) is 9.72 Å². The van der Waals surface area contributed by atoms with Crippen LogP contribution in [0.4, 0.5) is 11.4 Å². The zero-order chi connectivity index (χ0) is 30.2. The van der Waals surface area contributed by atoms with Crippen molar-refractivity contribution in [3.8, 4) is 39.3 Å². The third kappa shape index (κ3) is 5.17. The molecule has 0 atom stereocenters. The monoisotopic (exact) mass is 575 g/mol. The average molecular weight is 576 g/mol. The zero-order valence-electron chi connectivity index (χ0n) is 25.4. The molecule has 0 saturated carbocycles. The lowest BCUT2D eigenvalue weighted by Gasteiger charge is -2.34. The van der Waals surface area contributed by atoms with Crippen LogP contribution in [0.1, 0.15) is 11.3 Å². The largest absolute Gasteiger partial charge is 0.495 e. The third-order valence-electron chi connectivity index (χ3n) is 8.50. The number of methoxy groups -OCH3 is 1. The molecule has 0 spiro atoms. The molecule has 0 radical (unpaired) electrons. The van der Waals surface area contributed by atoms with Gasteiger partial charge in [-0.25, -0.2) is 4.98 Å². The van der Waals surface area contributed by atoms with E-state index in [1.54, 1.807) is 7.11 Å². The van der Waals surface area contributed by atoms with Gasteiger partial charge in [-0.2, -0.15) is 5.10 Å². The maximum absolute atomic E-state index is 12.3. The number of rotatable bonds is 7. The smallest absolute Gasteiger partial charge is 0.247 e. The number of aryl methyl sites for hydroxylation is 2. The summed E-state index contributed by atoms with van der Waals surface area (Å²) in [6.45, 7) is 11.7. The summed E-state index contributed by atoms with van der Waals surface area (Å²) in [5, 5.41) is 8.29. The van der Waals surface area contributed by atoms with Crippen LogP contribution in [0.5, 0.6) is 5.75 Å². The molecule has 0 aliphatic carbocycles. The maximum Gasteiger partial charge on any atom is 0.247 e. The highest BCUT2D eigenvalue weighted by Gasteiger charge is 2.24. The van der Waals surface area contributed by atoms with Gasteiger partial charge in [0.2, 0.25) is 5.91 Å². The van der Waals surface area contributed by atoms with Crippen LogP contribution in [0.15, 0.2) is 67.5 Å². The van der Waals surface area contributed by atoms with Gasteiger partial charge in [0.05, 0.1) is 24.4 Å². The van der Waals surface area contributed by atoms with Crippen LogP contribution in [0.25, 0.3) is 44.5 Å². The number of piperazine rings is 1. The highest BCUT2D eigenvalue weighted by Crippen LogP contribution is 2.46. The molecule has 220 valence electrons. The molecule has 0 unspecified atom stereocenters. The van der Waals surface area contributed by atoms with Gasteiger partial charge in [0, 0.05) is 73.2 Å². The van der Waals surface area contributed by atoms with Crippen molar-refractivity contribution in [3.05, 3.63) is 78.8 Å². The van der Waals surface area contributed by atoms with Crippen molar-refractivity contribution >= 4 is 28.3 Å². The molecule has 1 amide bonds. The van der Waals surface area contributed by atoms with Crippen LogP contribution in [0, 0.1) is 13.8 Å². The number of anilines is 2. The van der Waals surface area contributed by atoms with Crippen LogP contribution in [-0.4, -0.2) is 70.9 Å². The molecule has 9 heteroatoms. The van der Waals surface area contributed by atoms with Crippen molar-refractivity contribution in [1.29, 1.82) is 0 Å². The van der Waals surface area contributed by atoms with Crippen LogP contribution in [0.2, 0.25) is 0 Å². The van der Waals surface area contributed by atoms with Gasteiger partial charge in [-0.05, 0) is 61.9 Å². The minimum atomic E-state index is -0.257. The standard InChI is InChI=1S/C34H37N7O2/c1-7-29(42)37-28-18-24(9-8-21(28)2)30-31-33(43-6)27(26-20-36-40(5)22(26)3)19-35-34(31)38-32(30)23-10-12-25(13-11-23)41-16-14-39(4)15-17-41/h7-13,18-20H,1,14-17H2,2-6H3,(H,35,38)(H,37,42). The molecule has 3 aromatic heterocycles. The minimum Gasteiger partial charge on any atom is -0.495 e. The molecule has 6 rings (SSSR count). The Morgan fingerprint density at radius 1 is 1.00 bits per heavy atom. The summed E-state index contributed by atoms with van der Waals surface area (Å²) in [4.78, 5) is 25.5. The van der Waals surface area contributed by atoms with Gasteiger partial charge in [0.25, 0.3) is 0 Å². The molecule has 2 N–H and O–H groups in total. The number of nitrogens with one attached hydrogen (secondary N) is 2. The van der Waals surface area contributed by atoms with E-state index in [2.05, 4.69) is 69.2 Å². The number of aromatic amines is 1. The topological polar surface area (TPSA) is 91.3 Å². The number of pyridine rings is 1. The summed E-state index contributed by atoms with van der Waals surface area (Å²) in [7, 11) is 5.78. The molecule has 0 bridgehead atoms. The first-order valence-corrected chi connectivity index (χ1v) is 14.4. The fourth-order valence-corrected chi connectivity index (χ4v) is 5.80. The van der Waals surface area contributed by atoms with Gasteiger partial charge in [-0.3, -0.25) is 9.48 Å². The number of ether oxygens (including phenoxy) is 1. The Morgan fingerprint density at radius 3 is 2.37 bits per heavy atom. The number of carbonyl (C=O) groups excluding carboxylic acids is 1. The molecule has 5 aromatic rings. The van der Waals surface area contributed by atoms with Gasteiger partial charge in [-0.1, -0.05) is 30.8 Å². The van der Waals surface area contributed by atoms with Crippen molar-refractivity contribution in [3.63, 3.8) is 0 Å². The first-order chi connectivity index (χ1) is 20.8. The Bertz CT molecular complexity index is 1830. The molecule has 1 aliphatic rings. The number of carbonyl (C=O) groups is 1. The molecule has 43 heavy (non-hydrogen) atoms. The number of hydrogen-bond acceptors (Lipinski definition) is 6. The van der Waals surface area contributed by atoms with E-state index >= 15 is 0 Å². The Balaban J connectivity index is 1.56. The predicted molar refractivity (Wildman–Crippen MR) is 174 cm³/mol. The second kappa shape index (κ2) is 11.4. The van der Waals surface area contributed by atoms with Gasteiger partial charge < -0.3 is 24.8 Å². The molecular weight excluding hydrogens is 538 g/mol. The lowest BCUT2D eigenvalue weighted by Crippen LogP contribution is -2.44. The first-order valence-electron chi connectivity index (χ1n) is 14.4. The summed E-state index contributed by atoms with van der Waals surface area (Å²) in [5.74, 6) is 0.456. The summed E-state index contributed by atoms with van der Waals surface area (Å²) >= 11 is 0. The number of hydrogen-bond donors (Lipinski definition) is 2. The van der Waals surface area contributed by atoms with E-state index in [1.165, 1.54) is 11.8 Å². The minimum absolute atomic E-state index is 0.257. The summed E-state index contributed by atoms with van der Waals surface area (Å²) in [6, 6.07) is 14.8. The molecule has 1 fully saturated rings. The summed E-state index contributed by atoms with van der Waals surface area (Å²) < 4.78 is 7.99. The SMILES string of the molecule is C=CC(=O)Nc1cc(-c2c(-c3ccc(N4CCN(C)CC4)cc3)[nH]c3ncc(-c4cnn(C)c4C)c(OC)c23)ccc1C. The van der Waals surface area contributed by atoms with E-state index in [0.717, 1.165) is 82.0 Å². The van der Waals surface area contributed by atoms with Crippen molar-refractivity contribution < 1.29 is 9.53 Å². The van der Waals surface area contributed by atoms with Gasteiger partial charge in [0.1, 0.15) is 11.4 Å². The Labute approximate surface area is 251 Å². The van der Waals surface area contributed by atoms with Crippen molar-refractivity contribution in [2.24, 2.45) is 7.05 Å². The summed E-state index contributed by atoms with van der Waals surface area (Å²) in [6.07, 6.45) is 4.97. The van der Waals surface area contributed by atoms with Gasteiger partial charge >= 0.3 is 0 Å². The van der Waals surface area contributed by atoms with Crippen LogP contribution in [-0.2, 0) is 11.8 Å². The van der Waals surface area contributed by atoms with Gasteiger partial charge in [0.15, 0.2) is 0 Å². The van der Waals surface area contributed by atoms with E-state index in [0.29, 0.717) is 11.4 Å². The Kier molecular flexibility index (Phi) is 7.50. The van der Waals surface area contributed by atoms with Crippen LogP contribution >= 0.6 is 0 Å². The molecule has 2 aromatic carbocycles. The number of benzene rings is 2. The Morgan fingerprint density at radius 2 is 1.72 bits per heavy atom. The van der Waals surface area contributed by atoms with E-state index in [-0.39, 0.29) is 5.91 Å².